The molecule has 0 radical (unpaired) electrons. The molecule has 5 rings (SSSR count). The summed E-state index contributed by atoms with van der Waals surface area (Å²) in [7, 11) is 0. The Morgan fingerprint density at radius 3 is 2.28 bits per heavy atom. The summed E-state index contributed by atoms with van der Waals surface area (Å²) >= 11 is 0. The summed E-state index contributed by atoms with van der Waals surface area (Å²) in [6.07, 6.45) is -0.0525. The van der Waals surface area contributed by atoms with E-state index in [0.29, 0.717) is 13.0 Å². The van der Waals surface area contributed by atoms with Crippen LogP contribution in [0.25, 0.3) is 0 Å². The standard InChI is InChI=1S/C25H21NO3/c27-20-15-23(19-11-5-2-6-12-19)29-25(16-20)21-13-7-8-14-22(21)26(24(25)28)17-18-9-3-1-4-10-18/h1-14,23H,15-17H2/t23-,25+/m1/s1. The number of carbonyl (C=O) groups is 2. The highest BCUT2D eigenvalue weighted by atomic mass is 16.5. The molecule has 1 spiro atoms. The predicted molar refractivity (Wildman–Crippen MR) is 110 cm³/mol. The summed E-state index contributed by atoms with van der Waals surface area (Å²) in [6, 6.07) is 27.2. The van der Waals surface area contributed by atoms with E-state index in [2.05, 4.69) is 0 Å². The molecule has 29 heavy (non-hydrogen) atoms. The van der Waals surface area contributed by atoms with Crippen LogP contribution in [0.15, 0.2) is 84.9 Å². The molecule has 2 aliphatic rings. The quantitative estimate of drug-likeness (QED) is 0.667. The Bertz CT molecular complexity index is 1060. The molecule has 0 unspecified atom stereocenters. The minimum Gasteiger partial charge on any atom is -0.351 e. The second-order valence-electron chi connectivity index (χ2n) is 7.66. The number of nitrogens with zero attached hydrogens (tertiary/aromatic N) is 1. The van der Waals surface area contributed by atoms with E-state index in [1.165, 1.54) is 0 Å². The number of Topliss-reactive ketones (excluding diaryl/α,β-unsaturated/α-hetero) is 1. The van der Waals surface area contributed by atoms with Gasteiger partial charge in [-0.05, 0) is 17.2 Å². The van der Waals surface area contributed by atoms with Gasteiger partial charge in [-0.25, -0.2) is 0 Å². The SMILES string of the molecule is O=C1C[C@H](c2ccccc2)O[C@]2(C1)C(=O)N(Cc1ccccc1)c1ccccc12. The molecule has 1 amide bonds. The third-order valence-corrected chi connectivity index (χ3v) is 5.78. The van der Waals surface area contributed by atoms with Crippen LogP contribution in [0, 0.1) is 0 Å². The lowest BCUT2D eigenvalue weighted by Gasteiger charge is -2.37. The number of ether oxygens (including phenoxy) is 1. The number of ketones is 1. The molecule has 1 fully saturated rings. The van der Waals surface area contributed by atoms with E-state index in [-0.39, 0.29) is 18.1 Å². The van der Waals surface area contributed by atoms with Crippen LogP contribution in [0.4, 0.5) is 5.69 Å². The van der Waals surface area contributed by atoms with E-state index in [1.54, 1.807) is 4.90 Å². The summed E-state index contributed by atoms with van der Waals surface area (Å²) in [5, 5.41) is 0. The number of carbonyl (C=O) groups excluding carboxylic acids is 2. The zero-order valence-electron chi connectivity index (χ0n) is 16.0. The van der Waals surface area contributed by atoms with Crippen LogP contribution >= 0.6 is 0 Å². The highest BCUT2D eigenvalue weighted by molar-refractivity contribution is 6.09. The van der Waals surface area contributed by atoms with Crippen LogP contribution < -0.4 is 4.90 Å². The van der Waals surface area contributed by atoms with Crippen LogP contribution in [0.1, 0.15) is 35.6 Å². The molecule has 4 heteroatoms. The van der Waals surface area contributed by atoms with E-state index in [9.17, 15) is 9.59 Å². The Labute approximate surface area is 169 Å². The van der Waals surface area contributed by atoms with E-state index < -0.39 is 11.7 Å². The lowest BCUT2D eigenvalue weighted by Crippen LogP contribution is -2.47. The Morgan fingerprint density at radius 2 is 1.52 bits per heavy atom. The molecule has 3 aromatic carbocycles. The number of anilines is 1. The first kappa shape index (κ1) is 17.8. The van der Waals surface area contributed by atoms with Gasteiger partial charge in [0, 0.05) is 18.4 Å². The van der Waals surface area contributed by atoms with Gasteiger partial charge in [0.15, 0.2) is 5.60 Å². The number of para-hydroxylation sites is 1. The fourth-order valence-corrected chi connectivity index (χ4v) is 4.44. The number of benzene rings is 3. The van der Waals surface area contributed by atoms with Crippen LogP contribution in [-0.4, -0.2) is 11.7 Å². The van der Waals surface area contributed by atoms with Gasteiger partial charge in [0.05, 0.1) is 18.3 Å². The molecule has 144 valence electrons. The van der Waals surface area contributed by atoms with Gasteiger partial charge < -0.3 is 9.64 Å². The molecule has 0 aliphatic carbocycles. The minimum absolute atomic E-state index is 0.0508. The van der Waals surface area contributed by atoms with Crippen LogP contribution in [0.3, 0.4) is 0 Å². The fraction of sp³-hybridized carbons (Fsp3) is 0.200. The first-order valence-electron chi connectivity index (χ1n) is 9.87. The fourth-order valence-electron chi connectivity index (χ4n) is 4.44. The number of hydrogen-bond acceptors (Lipinski definition) is 3. The first-order chi connectivity index (χ1) is 14.2. The van der Waals surface area contributed by atoms with Crippen LogP contribution in [0.2, 0.25) is 0 Å². The van der Waals surface area contributed by atoms with Crippen molar-refractivity contribution in [3.63, 3.8) is 0 Å². The molecule has 4 nitrogen and oxygen atoms in total. The molecule has 3 aromatic rings. The predicted octanol–water partition coefficient (Wildman–Crippen LogP) is 4.55. The van der Waals surface area contributed by atoms with Gasteiger partial charge in [-0.15, -0.1) is 0 Å². The highest BCUT2D eigenvalue weighted by Gasteiger charge is 2.56. The zero-order chi connectivity index (χ0) is 19.8. The summed E-state index contributed by atoms with van der Waals surface area (Å²) in [5.41, 5.74) is 2.32. The van der Waals surface area contributed by atoms with E-state index >= 15 is 0 Å². The van der Waals surface area contributed by atoms with Crippen molar-refractivity contribution in [2.24, 2.45) is 0 Å². The summed E-state index contributed by atoms with van der Waals surface area (Å²) < 4.78 is 6.49. The molecular weight excluding hydrogens is 362 g/mol. The molecule has 1 saturated heterocycles. The molecule has 0 saturated carbocycles. The van der Waals surface area contributed by atoms with Crippen molar-refractivity contribution in [2.75, 3.05) is 4.90 Å². The summed E-state index contributed by atoms with van der Waals surface area (Å²) in [6.45, 7) is 0.450. The average Bonchev–Trinajstić information content (AvgIpc) is 2.97. The molecule has 2 heterocycles. The maximum Gasteiger partial charge on any atom is 0.264 e. The van der Waals surface area contributed by atoms with E-state index in [0.717, 1.165) is 22.4 Å². The molecular formula is C25H21NO3. The van der Waals surface area contributed by atoms with Gasteiger partial charge in [0.2, 0.25) is 0 Å². The number of rotatable bonds is 3. The monoisotopic (exact) mass is 383 g/mol. The van der Waals surface area contributed by atoms with Gasteiger partial charge in [-0.2, -0.15) is 0 Å². The van der Waals surface area contributed by atoms with Gasteiger partial charge in [0.1, 0.15) is 5.78 Å². The number of hydrogen-bond donors (Lipinski definition) is 0. The van der Waals surface area contributed by atoms with Gasteiger partial charge in [0.25, 0.3) is 5.91 Å². The topological polar surface area (TPSA) is 46.6 Å². The Balaban J connectivity index is 1.57. The van der Waals surface area contributed by atoms with E-state index in [1.807, 2.05) is 84.9 Å². The van der Waals surface area contributed by atoms with Crippen molar-refractivity contribution in [3.8, 4) is 0 Å². The van der Waals surface area contributed by atoms with Crippen molar-refractivity contribution in [1.29, 1.82) is 0 Å². The minimum atomic E-state index is -1.25. The van der Waals surface area contributed by atoms with Crippen molar-refractivity contribution in [1.82, 2.24) is 0 Å². The molecule has 2 atom stereocenters. The molecule has 0 N–H and O–H groups in total. The van der Waals surface area contributed by atoms with Crippen molar-refractivity contribution < 1.29 is 14.3 Å². The second-order valence-corrected chi connectivity index (χ2v) is 7.66. The lowest BCUT2D eigenvalue weighted by molar-refractivity contribution is -0.171. The third kappa shape index (κ3) is 2.97. The Morgan fingerprint density at radius 1 is 0.862 bits per heavy atom. The van der Waals surface area contributed by atoms with Gasteiger partial charge in [-0.1, -0.05) is 78.9 Å². The maximum absolute atomic E-state index is 13.7. The summed E-state index contributed by atoms with van der Waals surface area (Å²) in [5.74, 6) is -0.105. The van der Waals surface area contributed by atoms with Gasteiger partial charge >= 0.3 is 0 Å². The van der Waals surface area contributed by atoms with Crippen LogP contribution in [-0.2, 0) is 26.5 Å². The largest absolute Gasteiger partial charge is 0.351 e. The average molecular weight is 383 g/mol. The molecule has 0 aromatic heterocycles. The Kier molecular flexibility index (Phi) is 4.29. The smallest absolute Gasteiger partial charge is 0.264 e. The Hall–Kier alpha value is -3.24. The maximum atomic E-state index is 13.7. The normalized spacial score (nSPS) is 23.4. The number of amides is 1. The van der Waals surface area contributed by atoms with Crippen molar-refractivity contribution >= 4 is 17.4 Å². The number of fused-ring (bicyclic) bond motifs is 2. The third-order valence-electron chi connectivity index (χ3n) is 5.78. The molecule has 0 bridgehead atoms. The van der Waals surface area contributed by atoms with E-state index in [4.69, 9.17) is 4.74 Å². The zero-order valence-corrected chi connectivity index (χ0v) is 16.0. The highest BCUT2D eigenvalue weighted by Crippen LogP contribution is 2.51. The first-order valence-corrected chi connectivity index (χ1v) is 9.87. The van der Waals surface area contributed by atoms with Crippen molar-refractivity contribution in [3.05, 3.63) is 102 Å². The molecule has 2 aliphatic heterocycles. The van der Waals surface area contributed by atoms with Crippen LogP contribution in [0.5, 0.6) is 0 Å². The van der Waals surface area contributed by atoms with Gasteiger partial charge in [-0.3, -0.25) is 9.59 Å². The second kappa shape index (κ2) is 6.98. The van der Waals surface area contributed by atoms with Crippen molar-refractivity contribution in [2.45, 2.75) is 31.1 Å². The lowest BCUT2D eigenvalue weighted by atomic mass is 9.84. The summed E-state index contributed by atoms with van der Waals surface area (Å²) in [4.78, 5) is 28.2.